The number of anilines is 1. The number of tetrazole rings is 1. The quantitative estimate of drug-likeness (QED) is 0.853. The normalized spacial score (nSPS) is 11.0. The van der Waals surface area contributed by atoms with Gasteiger partial charge in [0.1, 0.15) is 5.60 Å². The van der Waals surface area contributed by atoms with Crippen molar-refractivity contribution < 1.29 is 14.3 Å². The topological polar surface area (TPSA) is 111 Å². The van der Waals surface area contributed by atoms with Crippen molar-refractivity contribution in [3.8, 4) is 11.4 Å². The lowest BCUT2D eigenvalue weighted by Crippen LogP contribution is -2.34. The van der Waals surface area contributed by atoms with Crippen molar-refractivity contribution >= 4 is 17.7 Å². The van der Waals surface area contributed by atoms with Crippen LogP contribution in [0.2, 0.25) is 0 Å². The first-order chi connectivity index (χ1) is 11.7. The number of hydrogen-bond donors (Lipinski definition) is 2. The van der Waals surface area contributed by atoms with E-state index in [1.807, 2.05) is 6.07 Å². The monoisotopic (exact) mass is 346 g/mol. The minimum atomic E-state index is -0.568. The Balaban J connectivity index is 1.85. The van der Waals surface area contributed by atoms with E-state index in [1.165, 1.54) is 0 Å². The summed E-state index contributed by atoms with van der Waals surface area (Å²) in [6, 6.07) is 7.21. The number of aryl methyl sites for hydroxylation is 1. The van der Waals surface area contributed by atoms with Crippen LogP contribution in [-0.4, -0.2) is 44.4 Å². The van der Waals surface area contributed by atoms with Crippen LogP contribution >= 0.6 is 0 Å². The van der Waals surface area contributed by atoms with E-state index < -0.39 is 11.7 Å². The molecule has 2 amide bonds. The van der Waals surface area contributed by atoms with Crippen LogP contribution in [0.3, 0.4) is 0 Å². The van der Waals surface area contributed by atoms with E-state index >= 15 is 0 Å². The van der Waals surface area contributed by atoms with Crippen LogP contribution in [0.4, 0.5) is 10.5 Å². The van der Waals surface area contributed by atoms with Crippen LogP contribution in [0.25, 0.3) is 11.4 Å². The fourth-order valence-corrected chi connectivity index (χ4v) is 2.03. The lowest BCUT2D eigenvalue weighted by molar-refractivity contribution is -0.116. The van der Waals surface area contributed by atoms with Gasteiger partial charge in [-0.05, 0) is 43.3 Å². The number of aromatic nitrogens is 4. The third kappa shape index (κ3) is 5.87. The first-order valence-electron chi connectivity index (χ1n) is 7.84. The van der Waals surface area contributed by atoms with Crippen LogP contribution in [0, 0.1) is 0 Å². The van der Waals surface area contributed by atoms with E-state index in [9.17, 15) is 9.59 Å². The number of amides is 2. The number of rotatable bonds is 5. The third-order valence-electron chi connectivity index (χ3n) is 3.04. The number of hydrogen-bond acceptors (Lipinski definition) is 6. The molecule has 9 heteroatoms. The van der Waals surface area contributed by atoms with Crippen LogP contribution in [0.1, 0.15) is 27.2 Å². The first kappa shape index (κ1) is 18.4. The van der Waals surface area contributed by atoms with Crippen molar-refractivity contribution in [3.63, 3.8) is 0 Å². The summed E-state index contributed by atoms with van der Waals surface area (Å²) in [5.74, 6) is 0.381. The fourth-order valence-electron chi connectivity index (χ4n) is 2.03. The Kier molecular flexibility index (Phi) is 5.68. The van der Waals surface area contributed by atoms with E-state index in [0.29, 0.717) is 11.5 Å². The van der Waals surface area contributed by atoms with E-state index in [-0.39, 0.29) is 18.9 Å². The largest absolute Gasteiger partial charge is 0.444 e. The molecule has 25 heavy (non-hydrogen) atoms. The molecule has 0 aliphatic heterocycles. The molecule has 0 saturated carbocycles. The second kappa shape index (κ2) is 7.73. The third-order valence-corrected chi connectivity index (χ3v) is 3.04. The van der Waals surface area contributed by atoms with Gasteiger partial charge in [0.05, 0.1) is 0 Å². The number of carbonyl (C=O) groups is 2. The molecule has 0 fully saturated rings. The summed E-state index contributed by atoms with van der Waals surface area (Å²) in [7, 11) is 1.74. The summed E-state index contributed by atoms with van der Waals surface area (Å²) in [4.78, 5) is 23.5. The molecule has 0 unspecified atom stereocenters. The van der Waals surface area contributed by atoms with E-state index in [1.54, 1.807) is 50.7 Å². The van der Waals surface area contributed by atoms with E-state index in [0.717, 1.165) is 5.56 Å². The number of nitrogens with one attached hydrogen (secondary N) is 2. The van der Waals surface area contributed by atoms with Gasteiger partial charge in [0.25, 0.3) is 0 Å². The average Bonchev–Trinajstić information content (AvgIpc) is 2.91. The van der Waals surface area contributed by atoms with Gasteiger partial charge in [-0.15, -0.1) is 5.10 Å². The zero-order valence-corrected chi connectivity index (χ0v) is 14.7. The van der Waals surface area contributed by atoms with Gasteiger partial charge in [0, 0.05) is 31.3 Å². The molecule has 2 aromatic rings. The van der Waals surface area contributed by atoms with Gasteiger partial charge in [-0.2, -0.15) is 0 Å². The zero-order valence-electron chi connectivity index (χ0n) is 14.7. The summed E-state index contributed by atoms with van der Waals surface area (Å²) < 4.78 is 6.65. The molecule has 0 bridgehead atoms. The number of benzene rings is 1. The summed E-state index contributed by atoms with van der Waals surface area (Å²) >= 11 is 0. The highest BCUT2D eigenvalue weighted by atomic mass is 16.6. The molecule has 2 N–H and O–H groups in total. The Morgan fingerprint density at radius 2 is 2.04 bits per heavy atom. The standard InChI is InChI=1S/C16H22N6O3/c1-16(2,3)25-15(24)17-9-8-13(23)18-12-7-5-6-11(10-12)14-19-20-21-22(14)4/h5-7,10H,8-9H2,1-4H3,(H,17,24)(H,18,23). The van der Waals surface area contributed by atoms with Gasteiger partial charge in [-0.25, -0.2) is 9.48 Å². The molecular formula is C16H22N6O3. The molecule has 0 spiro atoms. The zero-order chi connectivity index (χ0) is 18.4. The second-order valence-corrected chi connectivity index (χ2v) is 6.43. The molecule has 9 nitrogen and oxygen atoms in total. The smallest absolute Gasteiger partial charge is 0.407 e. The minimum absolute atomic E-state index is 0.134. The van der Waals surface area contributed by atoms with Gasteiger partial charge in [-0.1, -0.05) is 12.1 Å². The van der Waals surface area contributed by atoms with Crippen molar-refractivity contribution in [3.05, 3.63) is 24.3 Å². The molecule has 0 saturated heterocycles. The molecule has 134 valence electrons. The Bertz CT molecular complexity index is 750. The van der Waals surface area contributed by atoms with Gasteiger partial charge in [-0.3, -0.25) is 4.79 Å². The predicted octanol–water partition coefficient (Wildman–Crippen LogP) is 1.73. The summed E-state index contributed by atoms with van der Waals surface area (Å²) in [6.07, 6.45) is -0.410. The molecule has 1 heterocycles. The van der Waals surface area contributed by atoms with Gasteiger partial charge < -0.3 is 15.4 Å². The fraction of sp³-hybridized carbons (Fsp3) is 0.438. The average molecular weight is 346 g/mol. The Morgan fingerprint density at radius 1 is 1.28 bits per heavy atom. The lowest BCUT2D eigenvalue weighted by atomic mass is 10.2. The van der Waals surface area contributed by atoms with Crippen LogP contribution < -0.4 is 10.6 Å². The maximum atomic E-state index is 12.0. The summed E-state index contributed by atoms with van der Waals surface area (Å²) in [5.41, 5.74) is 0.849. The highest BCUT2D eigenvalue weighted by Crippen LogP contribution is 2.19. The van der Waals surface area contributed by atoms with E-state index in [2.05, 4.69) is 26.2 Å². The molecule has 0 aliphatic carbocycles. The molecular weight excluding hydrogens is 324 g/mol. The maximum absolute atomic E-state index is 12.0. The van der Waals surface area contributed by atoms with E-state index in [4.69, 9.17) is 4.74 Å². The number of carbonyl (C=O) groups excluding carboxylic acids is 2. The van der Waals surface area contributed by atoms with Crippen LogP contribution in [0.15, 0.2) is 24.3 Å². The van der Waals surface area contributed by atoms with Gasteiger partial charge >= 0.3 is 6.09 Å². The number of nitrogens with zero attached hydrogens (tertiary/aromatic N) is 4. The minimum Gasteiger partial charge on any atom is -0.444 e. The molecule has 1 aromatic heterocycles. The molecule has 1 aromatic carbocycles. The van der Waals surface area contributed by atoms with Crippen LogP contribution in [-0.2, 0) is 16.6 Å². The molecule has 0 aliphatic rings. The predicted molar refractivity (Wildman–Crippen MR) is 91.7 cm³/mol. The Hall–Kier alpha value is -2.97. The second-order valence-electron chi connectivity index (χ2n) is 6.43. The molecule has 0 atom stereocenters. The Labute approximate surface area is 145 Å². The molecule has 0 radical (unpaired) electrons. The number of ether oxygens (including phenoxy) is 1. The van der Waals surface area contributed by atoms with Crippen molar-refractivity contribution in [2.45, 2.75) is 32.8 Å². The molecule has 2 rings (SSSR count). The van der Waals surface area contributed by atoms with Crippen molar-refractivity contribution in [2.75, 3.05) is 11.9 Å². The highest BCUT2D eigenvalue weighted by molar-refractivity contribution is 5.91. The van der Waals surface area contributed by atoms with Gasteiger partial charge in [0.2, 0.25) is 5.91 Å². The SMILES string of the molecule is Cn1nnnc1-c1cccc(NC(=O)CCNC(=O)OC(C)(C)C)c1. The highest BCUT2D eigenvalue weighted by Gasteiger charge is 2.16. The lowest BCUT2D eigenvalue weighted by Gasteiger charge is -2.19. The Morgan fingerprint density at radius 3 is 2.68 bits per heavy atom. The van der Waals surface area contributed by atoms with Crippen molar-refractivity contribution in [1.29, 1.82) is 0 Å². The van der Waals surface area contributed by atoms with Gasteiger partial charge in [0.15, 0.2) is 5.82 Å². The van der Waals surface area contributed by atoms with Crippen molar-refractivity contribution in [1.82, 2.24) is 25.5 Å². The maximum Gasteiger partial charge on any atom is 0.407 e. The summed E-state index contributed by atoms with van der Waals surface area (Å²) in [6.45, 7) is 5.52. The number of alkyl carbamates (subject to hydrolysis) is 1. The first-order valence-corrected chi connectivity index (χ1v) is 7.84. The van der Waals surface area contributed by atoms with Crippen LogP contribution in [0.5, 0.6) is 0 Å². The summed E-state index contributed by atoms with van der Waals surface area (Å²) in [5, 5.41) is 16.6. The van der Waals surface area contributed by atoms with Crippen molar-refractivity contribution in [2.24, 2.45) is 7.05 Å².